The minimum Gasteiger partial charge on any atom is -0.376 e. The van der Waals surface area contributed by atoms with E-state index >= 15 is 0 Å². The Kier molecular flexibility index (Phi) is 7.43. The number of aryl methyl sites for hydroxylation is 2. The van der Waals surface area contributed by atoms with Crippen molar-refractivity contribution >= 4 is 10.9 Å². The lowest BCUT2D eigenvalue weighted by Gasteiger charge is -2.30. The third-order valence-corrected chi connectivity index (χ3v) is 7.29. The highest BCUT2D eigenvalue weighted by Gasteiger charge is 2.28. The zero-order valence-electron chi connectivity index (χ0n) is 21.6. The van der Waals surface area contributed by atoms with Crippen LogP contribution in [0.1, 0.15) is 60.3 Å². The van der Waals surface area contributed by atoms with Crippen molar-refractivity contribution in [3.63, 3.8) is 0 Å². The van der Waals surface area contributed by atoms with Crippen molar-refractivity contribution in [1.29, 1.82) is 0 Å². The number of hydrogen-bond donors (Lipinski definition) is 1. The predicted molar refractivity (Wildman–Crippen MR) is 140 cm³/mol. The van der Waals surface area contributed by atoms with Crippen LogP contribution in [0.3, 0.4) is 0 Å². The number of ether oxygens (including phenoxy) is 1. The van der Waals surface area contributed by atoms with E-state index in [0.717, 1.165) is 53.7 Å². The second-order valence-electron chi connectivity index (χ2n) is 9.96. The molecule has 3 heterocycles. The zero-order valence-corrected chi connectivity index (χ0v) is 21.6. The number of fused-ring (bicyclic) bond motifs is 1. The summed E-state index contributed by atoms with van der Waals surface area (Å²) in [4.78, 5) is 18.4. The minimum atomic E-state index is -0.278. The summed E-state index contributed by atoms with van der Waals surface area (Å²) in [6.07, 6.45) is 2.86. The van der Waals surface area contributed by atoms with Crippen molar-refractivity contribution < 1.29 is 9.13 Å². The van der Waals surface area contributed by atoms with Crippen LogP contribution in [0, 0.1) is 19.7 Å². The standard InChI is InChI=1S/C28H33FN6O2/c1-4-26(27-31-32-33-35(27)17-24-6-5-11-37-24)34(15-20-7-9-23(29)10-8-20)16-22-14-21-12-18(2)19(3)13-25(21)30-28(22)36/h7-10,12-14,24,26H,4-6,11,15-17H2,1-3H3,(H,30,36)/t24-,26-/m0/s1. The van der Waals surface area contributed by atoms with Gasteiger partial charge in [-0.25, -0.2) is 9.07 Å². The monoisotopic (exact) mass is 504 g/mol. The van der Waals surface area contributed by atoms with E-state index in [0.29, 0.717) is 25.2 Å². The van der Waals surface area contributed by atoms with E-state index in [1.54, 1.807) is 12.1 Å². The van der Waals surface area contributed by atoms with Gasteiger partial charge in [0.1, 0.15) is 5.82 Å². The van der Waals surface area contributed by atoms with Gasteiger partial charge in [0, 0.05) is 30.8 Å². The van der Waals surface area contributed by atoms with Crippen LogP contribution < -0.4 is 5.56 Å². The van der Waals surface area contributed by atoms with Crippen LogP contribution in [0.5, 0.6) is 0 Å². The van der Waals surface area contributed by atoms with Gasteiger partial charge in [0.25, 0.3) is 5.56 Å². The normalized spacial score (nSPS) is 16.6. The molecule has 0 aliphatic carbocycles. The molecule has 37 heavy (non-hydrogen) atoms. The molecule has 2 aromatic carbocycles. The minimum absolute atomic E-state index is 0.0975. The van der Waals surface area contributed by atoms with E-state index in [2.05, 4.69) is 45.3 Å². The van der Waals surface area contributed by atoms with Crippen LogP contribution in [0.4, 0.5) is 4.39 Å². The molecule has 0 spiro atoms. The number of nitrogens with one attached hydrogen (secondary N) is 1. The Labute approximate surface area is 215 Å². The molecule has 0 saturated carbocycles. The number of H-pyrrole nitrogens is 1. The molecule has 2 aromatic heterocycles. The molecule has 1 aliphatic rings. The Morgan fingerprint density at radius 3 is 2.68 bits per heavy atom. The number of halogens is 1. The third kappa shape index (κ3) is 5.62. The molecule has 5 rings (SSSR count). The molecular weight excluding hydrogens is 471 g/mol. The number of nitrogens with zero attached hydrogens (tertiary/aromatic N) is 5. The van der Waals surface area contributed by atoms with E-state index in [9.17, 15) is 9.18 Å². The molecule has 1 aliphatic heterocycles. The van der Waals surface area contributed by atoms with E-state index in [1.165, 1.54) is 17.7 Å². The number of aromatic amines is 1. The van der Waals surface area contributed by atoms with E-state index < -0.39 is 0 Å². The van der Waals surface area contributed by atoms with Crippen LogP contribution in [0.25, 0.3) is 10.9 Å². The summed E-state index contributed by atoms with van der Waals surface area (Å²) < 4.78 is 21.3. The molecule has 1 saturated heterocycles. The summed E-state index contributed by atoms with van der Waals surface area (Å²) in [6.45, 7) is 8.46. The highest BCUT2D eigenvalue weighted by Crippen LogP contribution is 2.28. The van der Waals surface area contributed by atoms with Gasteiger partial charge in [-0.3, -0.25) is 9.69 Å². The summed E-state index contributed by atoms with van der Waals surface area (Å²) in [5, 5.41) is 13.6. The van der Waals surface area contributed by atoms with Crippen molar-refractivity contribution in [3.8, 4) is 0 Å². The quantitative estimate of drug-likeness (QED) is 0.358. The Morgan fingerprint density at radius 1 is 1.16 bits per heavy atom. The maximum Gasteiger partial charge on any atom is 0.252 e. The summed E-state index contributed by atoms with van der Waals surface area (Å²) in [5.41, 5.74) is 4.63. The van der Waals surface area contributed by atoms with Crippen LogP contribution in [-0.2, 0) is 24.4 Å². The average Bonchev–Trinajstić information content (AvgIpc) is 3.56. The second kappa shape index (κ2) is 10.9. The Hall–Kier alpha value is -3.43. The molecule has 1 fully saturated rings. The van der Waals surface area contributed by atoms with Gasteiger partial charge in [-0.05, 0) is 95.9 Å². The van der Waals surface area contributed by atoms with Gasteiger partial charge < -0.3 is 9.72 Å². The summed E-state index contributed by atoms with van der Waals surface area (Å²) in [6, 6.07) is 12.4. The Morgan fingerprint density at radius 2 is 1.95 bits per heavy atom. The van der Waals surface area contributed by atoms with Crippen molar-refractivity contribution in [2.45, 2.75) is 71.8 Å². The average molecular weight is 505 g/mol. The number of rotatable bonds is 9. The van der Waals surface area contributed by atoms with E-state index in [4.69, 9.17) is 4.74 Å². The molecule has 2 atom stereocenters. The fraction of sp³-hybridized carbons (Fsp3) is 0.429. The molecule has 0 bridgehead atoms. The maximum absolute atomic E-state index is 13.6. The Balaban J connectivity index is 1.51. The molecule has 0 radical (unpaired) electrons. The largest absolute Gasteiger partial charge is 0.376 e. The summed E-state index contributed by atoms with van der Waals surface area (Å²) in [5.74, 6) is 0.461. The maximum atomic E-state index is 13.6. The van der Waals surface area contributed by atoms with Gasteiger partial charge >= 0.3 is 0 Å². The number of benzene rings is 2. The first-order valence-electron chi connectivity index (χ1n) is 12.9. The number of pyridine rings is 1. The van der Waals surface area contributed by atoms with Crippen molar-refractivity contribution in [2.75, 3.05) is 6.61 Å². The first-order valence-corrected chi connectivity index (χ1v) is 12.9. The molecular formula is C28H33FN6O2. The molecule has 0 unspecified atom stereocenters. The second-order valence-corrected chi connectivity index (χ2v) is 9.96. The van der Waals surface area contributed by atoms with Crippen LogP contribution in [0.2, 0.25) is 0 Å². The molecule has 0 amide bonds. The van der Waals surface area contributed by atoms with Gasteiger partial charge in [-0.15, -0.1) is 5.10 Å². The topological polar surface area (TPSA) is 88.9 Å². The molecule has 194 valence electrons. The fourth-order valence-corrected chi connectivity index (χ4v) is 5.12. The number of aromatic nitrogens is 5. The van der Waals surface area contributed by atoms with Gasteiger partial charge in [-0.1, -0.05) is 19.1 Å². The first-order chi connectivity index (χ1) is 17.9. The van der Waals surface area contributed by atoms with Crippen molar-refractivity contribution in [3.05, 3.63) is 86.7 Å². The molecule has 8 nitrogen and oxygen atoms in total. The SMILES string of the molecule is CC[C@@H](c1nnnn1C[C@@H]1CCCO1)N(Cc1ccc(F)cc1)Cc1cc2cc(C)c(C)cc2[nH]c1=O. The van der Waals surface area contributed by atoms with Crippen LogP contribution in [-0.4, -0.2) is 42.8 Å². The van der Waals surface area contributed by atoms with E-state index in [-0.39, 0.29) is 23.5 Å². The lowest BCUT2D eigenvalue weighted by molar-refractivity contribution is 0.0888. The highest BCUT2D eigenvalue weighted by atomic mass is 19.1. The van der Waals surface area contributed by atoms with Crippen molar-refractivity contribution in [2.24, 2.45) is 0 Å². The Bertz CT molecular complexity index is 1430. The first kappa shape index (κ1) is 25.2. The van der Waals surface area contributed by atoms with Crippen molar-refractivity contribution in [1.82, 2.24) is 30.1 Å². The third-order valence-electron chi connectivity index (χ3n) is 7.29. The lowest BCUT2D eigenvalue weighted by Crippen LogP contribution is -2.33. The zero-order chi connectivity index (χ0) is 25.9. The van der Waals surface area contributed by atoms with Crippen LogP contribution in [0.15, 0.2) is 47.3 Å². The molecule has 4 aromatic rings. The highest BCUT2D eigenvalue weighted by molar-refractivity contribution is 5.80. The smallest absolute Gasteiger partial charge is 0.252 e. The van der Waals surface area contributed by atoms with Gasteiger partial charge in [0.05, 0.1) is 18.7 Å². The lowest BCUT2D eigenvalue weighted by atomic mass is 10.0. The van der Waals surface area contributed by atoms with Crippen LogP contribution >= 0.6 is 0 Å². The predicted octanol–water partition coefficient (Wildman–Crippen LogP) is 4.60. The number of hydrogen-bond acceptors (Lipinski definition) is 6. The molecule has 1 N–H and O–H groups in total. The fourth-order valence-electron chi connectivity index (χ4n) is 5.12. The summed E-state index contributed by atoms with van der Waals surface area (Å²) in [7, 11) is 0. The van der Waals surface area contributed by atoms with Gasteiger partial charge in [-0.2, -0.15) is 0 Å². The number of tetrazole rings is 1. The molecule has 9 heteroatoms. The van der Waals surface area contributed by atoms with Gasteiger partial charge in [0.2, 0.25) is 0 Å². The summed E-state index contributed by atoms with van der Waals surface area (Å²) >= 11 is 0. The van der Waals surface area contributed by atoms with E-state index in [1.807, 2.05) is 23.7 Å². The van der Waals surface area contributed by atoms with Gasteiger partial charge in [0.15, 0.2) is 5.82 Å².